The van der Waals surface area contributed by atoms with Gasteiger partial charge in [0.25, 0.3) is 0 Å². The Hall–Kier alpha value is -1.57. The number of nitrogens with zero attached hydrogens (tertiary/aromatic N) is 1. The lowest BCUT2D eigenvalue weighted by atomic mass is 9.85. The van der Waals surface area contributed by atoms with Crippen LogP contribution in [-0.2, 0) is 16.8 Å². The van der Waals surface area contributed by atoms with E-state index in [9.17, 15) is 4.79 Å². The van der Waals surface area contributed by atoms with Crippen molar-refractivity contribution in [3.63, 3.8) is 0 Å². The molecule has 0 unspecified atom stereocenters. The molecule has 0 saturated heterocycles. The third kappa shape index (κ3) is 2.41. The number of hydrogen-bond acceptors (Lipinski definition) is 1. The number of fused-ring (bicyclic) bond motifs is 1. The number of benzene rings is 1. The zero-order chi connectivity index (χ0) is 12.6. The molecule has 2 heteroatoms. The molecule has 0 fully saturated rings. The van der Waals surface area contributed by atoms with Gasteiger partial charge in [0, 0.05) is 13.1 Å². The van der Waals surface area contributed by atoms with Crippen molar-refractivity contribution in [3.05, 3.63) is 41.1 Å². The molecule has 2 nitrogen and oxygen atoms in total. The first-order valence-electron chi connectivity index (χ1n) is 5.97. The summed E-state index contributed by atoms with van der Waals surface area (Å²) in [4.78, 5) is 13.0. The first-order chi connectivity index (χ1) is 7.88. The van der Waals surface area contributed by atoms with Crippen molar-refractivity contribution < 1.29 is 4.79 Å². The maximum absolute atomic E-state index is 11.3. The smallest absolute Gasteiger partial charge is 0.223 e. The summed E-state index contributed by atoms with van der Waals surface area (Å²) < 4.78 is 0. The molecule has 1 amide bonds. The van der Waals surface area contributed by atoms with Crippen molar-refractivity contribution in [2.45, 2.75) is 39.7 Å². The Morgan fingerprint density at radius 2 is 2.00 bits per heavy atom. The first kappa shape index (κ1) is 11.9. The van der Waals surface area contributed by atoms with Crippen molar-refractivity contribution in [3.8, 4) is 0 Å². The van der Waals surface area contributed by atoms with Gasteiger partial charge in [0.15, 0.2) is 0 Å². The van der Waals surface area contributed by atoms with Gasteiger partial charge in [0.1, 0.15) is 0 Å². The zero-order valence-corrected chi connectivity index (χ0v) is 10.9. The lowest BCUT2D eigenvalue weighted by Gasteiger charge is -2.25. The summed E-state index contributed by atoms with van der Waals surface area (Å²) in [7, 11) is 0. The molecule has 90 valence electrons. The second-order valence-electron chi connectivity index (χ2n) is 5.63. The van der Waals surface area contributed by atoms with Gasteiger partial charge in [-0.05, 0) is 28.2 Å². The van der Waals surface area contributed by atoms with Gasteiger partial charge in [-0.3, -0.25) is 4.79 Å². The molecule has 0 radical (unpaired) electrons. The van der Waals surface area contributed by atoms with Crippen LogP contribution in [0.4, 0.5) is 0 Å². The molecule has 1 heterocycles. The molecule has 1 aliphatic heterocycles. The highest BCUT2D eigenvalue weighted by molar-refractivity contribution is 5.77. The highest BCUT2D eigenvalue weighted by Gasteiger charge is 2.18. The van der Waals surface area contributed by atoms with Gasteiger partial charge < -0.3 is 4.90 Å². The Kier molecular flexibility index (Phi) is 2.82. The quantitative estimate of drug-likeness (QED) is 0.668. The van der Waals surface area contributed by atoms with E-state index in [-0.39, 0.29) is 11.3 Å². The number of hydrogen-bond donors (Lipinski definition) is 0. The predicted octanol–water partition coefficient (Wildman–Crippen LogP) is 3.32. The standard InChI is InChI=1S/C15H19NO/c1-11(17)16-8-7-12-9-14(15(2,3)4)6-5-13(12)10-16/h5-9H,10H2,1-4H3. The van der Waals surface area contributed by atoms with Gasteiger partial charge in [-0.25, -0.2) is 0 Å². The second-order valence-corrected chi connectivity index (χ2v) is 5.63. The van der Waals surface area contributed by atoms with Crippen LogP contribution in [0.3, 0.4) is 0 Å². The molecule has 17 heavy (non-hydrogen) atoms. The van der Waals surface area contributed by atoms with Crippen LogP contribution in [0.5, 0.6) is 0 Å². The number of amides is 1. The molecule has 0 aliphatic carbocycles. The normalized spacial score (nSPS) is 14.7. The van der Waals surface area contributed by atoms with Crippen LogP contribution in [-0.4, -0.2) is 10.8 Å². The Balaban J connectivity index is 2.36. The predicted molar refractivity (Wildman–Crippen MR) is 70.4 cm³/mol. The van der Waals surface area contributed by atoms with Gasteiger partial charge in [0.2, 0.25) is 5.91 Å². The van der Waals surface area contributed by atoms with Crippen molar-refractivity contribution >= 4 is 12.0 Å². The van der Waals surface area contributed by atoms with Gasteiger partial charge in [-0.2, -0.15) is 0 Å². The van der Waals surface area contributed by atoms with E-state index in [1.165, 1.54) is 16.7 Å². The van der Waals surface area contributed by atoms with Gasteiger partial charge in [0.05, 0.1) is 6.54 Å². The van der Waals surface area contributed by atoms with E-state index in [0.29, 0.717) is 6.54 Å². The van der Waals surface area contributed by atoms with E-state index in [4.69, 9.17) is 0 Å². The molecule has 1 aromatic carbocycles. The third-order valence-electron chi connectivity index (χ3n) is 3.19. The van der Waals surface area contributed by atoms with Crippen molar-refractivity contribution in [2.75, 3.05) is 0 Å². The first-order valence-corrected chi connectivity index (χ1v) is 5.97. The Morgan fingerprint density at radius 1 is 1.29 bits per heavy atom. The number of rotatable bonds is 0. The Labute approximate surface area is 103 Å². The van der Waals surface area contributed by atoms with Gasteiger partial charge >= 0.3 is 0 Å². The summed E-state index contributed by atoms with van der Waals surface area (Å²) in [6, 6.07) is 6.52. The third-order valence-corrected chi connectivity index (χ3v) is 3.19. The summed E-state index contributed by atoms with van der Waals surface area (Å²) in [6.07, 6.45) is 3.90. The molecule has 0 N–H and O–H groups in total. The maximum Gasteiger partial charge on any atom is 0.223 e. The van der Waals surface area contributed by atoms with E-state index >= 15 is 0 Å². The average molecular weight is 229 g/mol. The fraction of sp³-hybridized carbons (Fsp3) is 0.400. The van der Waals surface area contributed by atoms with E-state index in [0.717, 1.165) is 0 Å². The minimum absolute atomic E-state index is 0.0896. The van der Waals surface area contributed by atoms with Crippen LogP contribution >= 0.6 is 0 Å². The van der Waals surface area contributed by atoms with E-state index < -0.39 is 0 Å². The fourth-order valence-electron chi connectivity index (χ4n) is 1.98. The number of carbonyl (C=O) groups is 1. The summed E-state index contributed by atoms with van der Waals surface area (Å²) in [5, 5.41) is 0. The molecule has 0 bridgehead atoms. The monoisotopic (exact) mass is 229 g/mol. The van der Waals surface area contributed by atoms with Crippen LogP contribution in [0.15, 0.2) is 24.4 Å². The highest BCUT2D eigenvalue weighted by Crippen LogP contribution is 2.27. The summed E-state index contributed by atoms with van der Waals surface area (Å²) >= 11 is 0. The minimum Gasteiger partial charge on any atom is -0.315 e. The van der Waals surface area contributed by atoms with Crippen LogP contribution in [0, 0.1) is 0 Å². The van der Waals surface area contributed by atoms with Crippen LogP contribution in [0.1, 0.15) is 44.4 Å². The van der Waals surface area contributed by atoms with Crippen molar-refractivity contribution in [1.82, 2.24) is 4.90 Å². The molecular weight excluding hydrogens is 210 g/mol. The van der Waals surface area contributed by atoms with E-state index in [2.05, 4.69) is 39.0 Å². The lowest BCUT2D eigenvalue weighted by Crippen LogP contribution is -2.25. The van der Waals surface area contributed by atoms with E-state index in [1.54, 1.807) is 11.8 Å². The number of carbonyl (C=O) groups excluding carboxylic acids is 1. The Morgan fingerprint density at radius 3 is 2.59 bits per heavy atom. The molecule has 1 aliphatic rings. The Bertz CT molecular complexity index is 480. The maximum atomic E-state index is 11.3. The summed E-state index contributed by atoms with van der Waals surface area (Å²) in [5.74, 6) is 0.0896. The van der Waals surface area contributed by atoms with E-state index in [1.807, 2.05) is 12.3 Å². The van der Waals surface area contributed by atoms with Crippen LogP contribution in [0.25, 0.3) is 6.08 Å². The molecule has 0 saturated carbocycles. The highest BCUT2D eigenvalue weighted by atomic mass is 16.2. The van der Waals surface area contributed by atoms with Crippen molar-refractivity contribution in [2.24, 2.45) is 0 Å². The molecule has 0 aromatic heterocycles. The second kappa shape index (κ2) is 4.02. The van der Waals surface area contributed by atoms with Crippen molar-refractivity contribution in [1.29, 1.82) is 0 Å². The molecule has 1 aromatic rings. The molecule has 2 rings (SSSR count). The molecule has 0 spiro atoms. The zero-order valence-electron chi connectivity index (χ0n) is 10.9. The summed E-state index contributed by atoms with van der Waals surface area (Å²) in [5.41, 5.74) is 3.95. The fourth-order valence-corrected chi connectivity index (χ4v) is 1.98. The minimum atomic E-state index is 0.0896. The SMILES string of the molecule is CC(=O)N1C=Cc2cc(C(C)(C)C)ccc2C1. The average Bonchev–Trinajstić information content (AvgIpc) is 2.26. The van der Waals surface area contributed by atoms with Gasteiger partial charge in [-0.15, -0.1) is 0 Å². The lowest BCUT2D eigenvalue weighted by molar-refractivity contribution is -0.126. The molecule has 0 atom stereocenters. The van der Waals surface area contributed by atoms with Gasteiger partial charge in [-0.1, -0.05) is 39.0 Å². The topological polar surface area (TPSA) is 20.3 Å². The van der Waals surface area contributed by atoms with Crippen LogP contribution < -0.4 is 0 Å². The molecular formula is C15H19NO. The summed E-state index contributed by atoms with van der Waals surface area (Å²) in [6.45, 7) is 8.92. The van der Waals surface area contributed by atoms with Crippen LogP contribution in [0.2, 0.25) is 0 Å². The largest absolute Gasteiger partial charge is 0.315 e.